The molecule has 3 fully saturated rings. The second kappa shape index (κ2) is 17.4. The van der Waals surface area contributed by atoms with Gasteiger partial charge in [-0.1, -0.05) is 103 Å². The first-order valence-electron chi connectivity index (χ1n) is 21.5. The summed E-state index contributed by atoms with van der Waals surface area (Å²) in [6.07, 6.45) is 23.1. The summed E-state index contributed by atoms with van der Waals surface area (Å²) in [5, 5.41) is 24.2. The molecular formula is C47H69NO6. The normalized spacial score (nSPS) is 36.7. The maximum absolute atomic E-state index is 13.2. The Morgan fingerprint density at radius 2 is 1.87 bits per heavy atom. The number of hydrogen-bond donors (Lipinski definition) is 3. The number of allylic oxidation sites excluding steroid dienone is 3. The molecule has 54 heavy (non-hydrogen) atoms. The number of alkyl carbamates (subject to hydrolysis) is 1. The van der Waals surface area contributed by atoms with E-state index in [1.165, 1.54) is 63.0 Å². The molecule has 4 aliphatic carbocycles. The number of aliphatic hydroxyl groups is 1. The fourth-order valence-corrected chi connectivity index (χ4v) is 11.9. The number of phenols is 1. The third-order valence-electron chi connectivity index (χ3n) is 15.0. The van der Waals surface area contributed by atoms with E-state index in [9.17, 15) is 19.8 Å². The number of fused-ring (bicyclic) bond motifs is 6. The molecule has 1 aromatic carbocycles. The van der Waals surface area contributed by atoms with E-state index in [2.05, 4.69) is 46.0 Å². The number of phenolic OH excluding ortho intramolecular Hbond substituents is 1. The maximum Gasteiger partial charge on any atom is 0.411 e. The molecule has 11 unspecified atom stereocenters. The summed E-state index contributed by atoms with van der Waals surface area (Å²) < 4.78 is 11.8. The largest absolute Gasteiger partial charge is 0.507 e. The van der Waals surface area contributed by atoms with E-state index in [1.54, 1.807) is 18.3 Å². The summed E-state index contributed by atoms with van der Waals surface area (Å²) in [5.74, 6) is 4.05. The molecule has 1 aromatic rings. The molecule has 5 aliphatic rings. The van der Waals surface area contributed by atoms with Crippen LogP contribution < -0.4 is 5.32 Å². The summed E-state index contributed by atoms with van der Waals surface area (Å²) in [4.78, 5) is 26.2. The standard InChI is InChI=1S/C47H69NO6/c1-30(2)12-9-14-31(3)38-21-22-39-37-20-19-34-28-36(23-25-46(34,5)40(37)24-26-47(38,39)6)54-45(52)48-27-11-17-35-29-42(50)32(4)13-7-8-15-33-16-10-18-41(49)43(33)44(51)53-35/h7-8,10-11,16,18-19,27,30-32,35-40,42,49-50H,9,12-15,17,20-26,28-29H2,1-6H3,(H,48,52)/b8-7+,27-11+. The fourth-order valence-electron chi connectivity index (χ4n) is 11.9. The van der Waals surface area contributed by atoms with Gasteiger partial charge in [0.05, 0.1) is 6.10 Å². The van der Waals surface area contributed by atoms with Gasteiger partial charge in [-0.25, -0.2) is 9.59 Å². The predicted molar refractivity (Wildman–Crippen MR) is 215 cm³/mol. The second-order valence-corrected chi connectivity index (χ2v) is 18.9. The van der Waals surface area contributed by atoms with Crippen LogP contribution in [-0.2, 0) is 15.9 Å². The van der Waals surface area contributed by atoms with Crippen molar-refractivity contribution in [1.82, 2.24) is 5.32 Å². The number of aromatic hydroxyl groups is 1. The molecule has 0 spiro atoms. The van der Waals surface area contributed by atoms with E-state index in [0.717, 1.165) is 54.8 Å². The summed E-state index contributed by atoms with van der Waals surface area (Å²) in [5.41, 5.74) is 3.02. The van der Waals surface area contributed by atoms with Gasteiger partial charge in [-0.2, -0.15) is 0 Å². The molecule has 0 bridgehead atoms. The molecule has 0 saturated heterocycles. The van der Waals surface area contributed by atoms with E-state index >= 15 is 0 Å². The highest BCUT2D eigenvalue weighted by molar-refractivity contribution is 5.94. The van der Waals surface area contributed by atoms with Crippen LogP contribution in [0.3, 0.4) is 0 Å². The molecule has 1 heterocycles. The zero-order valence-electron chi connectivity index (χ0n) is 34.0. The highest BCUT2D eigenvalue weighted by Gasteiger charge is 2.59. The Balaban J connectivity index is 1.02. The minimum absolute atomic E-state index is 0.0171. The quantitative estimate of drug-likeness (QED) is 0.172. The number of hydrogen-bond acceptors (Lipinski definition) is 6. The van der Waals surface area contributed by atoms with Crippen LogP contribution in [0.4, 0.5) is 4.79 Å². The number of carbonyl (C=O) groups excluding carboxylic acids is 2. The number of ether oxygens (including phenoxy) is 2. The van der Waals surface area contributed by atoms with E-state index in [-0.39, 0.29) is 35.2 Å². The molecule has 0 aromatic heterocycles. The van der Waals surface area contributed by atoms with Gasteiger partial charge in [-0.05, 0) is 122 Å². The van der Waals surface area contributed by atoms with Crippen molar-refractivity contribution in [1.29, 1.82) is 0 Å². The number of esters is 1. The van der Waals surface area contributed by atoms with Gasteiger partial charge < -0.3 is 19.7 Å². The lowest BCUT2D eigenvalue weighted by molar-refractivity contribution is -0.0580. The first-order chi connectivity index (χ1) is 25.8. The van der Waals surface area contributed by atoms with E-state index in [4.69, 9.17) is 9.47 Å². The Morgan fingerprint density at radius 3 is 2.67 bits per heavy atom. The first kappa shape index (κ1) is 40.6. The zero-order chi connectivity index (χ0) is 38.6. The lowest BCUT2D eigenvalue weighted by Crippen LogP contribution is -2.51. The molecule has 1 aliphatic heterocycles. The number of aliphatic hydroxyl groups excluding tert-OH is 1. The van der Waals surface area contributed by atoms with Crippen LogP contribution in [0.25, 0.3) is 0 Å². The Bertz CT molecular complexity index is 1560. The van der Waals surface area contributed by atoms with Crippen molar-refractivity contribution < 1.29 is 29.3 Å². The molecule has 7 heteroatoms. The predicted octanol–water partition coefficient (Wildman–Crippen LogP) is 10.8. The smallest absolute Gasteiger partial charge is 0.411 e. The number of benzene rings is 1. The van der Waals surface area contributed by atoms with Gasteiger partial charge in [0.25, 0.3) is 0 Å². The van der Waals surface area contributed by atoms with Crippen molar-refractivity contribution in [3.63, 3.8) is 0 Å². The van der Waals surface area contributed by atoms with Gasteiger partial charge in [0.15, 0.2) is 0 Å². The summed E-state index contributed by atoms with van der Waals surface area (Å²) in [7, 11) is 0. The van der Waals surface area contributed by atoms with Gasteiger partial charge in [-0.15, -0.1) is 0 Å². The Labute approximate surface area is 325 Å². The van der Waals surface area contributed by atoms with Crippen molar-refractivity contribution in [2.24, 2.45) is 52.3 Å². The van der Waals surface area contributed by atoms with Crippen molar-refractivity contribution in [3.8, 4) is 5.75 Å². The molecule has 0 radical (unpaired) electrons. The number of nitrogens with one attached hydrogen (secondary N) is 1. The third kappa shape index (κ3) is 8.82. The molecule has 298 valence electrons. The Hall–Kier alpha value is -3.06. The van der Waals surface area contributed by atoms with Crippen LogP contribution in [0, 0.1) is 52.3 Å². The fraction of sp³-hybridized carbons (Fsp3) is 0.702. The number of rotatable bonds is 9. The van der Waals surface area contributed by atoms with Crippen molar-refractivity contribution in [2.45, 2.75) is 156 Å². The minimum Gasteiger partial charge on any atom is -0.507 e. The van der Waals surface area contributed by atoms with Gasteiger partial charge in [-0.3, -0.25) is 5.32 Å². The second-order valence-electron chi connectivity index (χ2n) is 18.9. The van der Waals surface area contributed by atoms with Crippen molar-refractivity contribution in [3.05, 3.63) is 65.4 Å². The molecule has 1 amide bonds. The molecule has 7 nitrogen and oxygen atoms in total. The van der Waals surface area contributed by atoms with Crippen LogP contribution in [-0.4, -0.2) is 40.6 Å². The number of cyclic esters (lactones) is 1. The SMILES string of the molecule is CC(C)CCCC(C)C1CCC2C3CC=C4CC(OC(=O)N/C=C/CC5CC(O)C(C)C/C=C/Cc6cccc(O)c6C(=O)O5)CCC4(C)C3CCC12C. The highest BCUT2D eigenvalue weighted by Crippen LogP contribution is 2.67. The van der Waals surface area contributed by atoms with Crippen molar-refractivity contribution >= 4 is 12.1 Å². The average molecular weight is 744 g/mol. The molecule has 3 N–H and O–H groups in total. The molecule has 3 saturated carbocycles. The molecule has 11 atom stereocenters. The molecule has 6 rings (SSSR count). The van der Waals surface area contributed by atoms with Crippen LogP contribution >= 0.6 is 0 Å². The first-order valence-corrected chi connectivity index (χ1v) is 21.5. The topological polar surface area (TPSA) is 105 Å². The van der Waals surface area contributed by atoms with Gasteiger partial charge >= 0.3 is 12.1 Å². The van der Waals surface area contributed by atoms with Crippen LogP contribution in [0.2, 0.25) is 0 Å². The monoisotopic (exact) mass is 744 g/mol. The number of carbonyl (C=O) groups is 2. The van der Waals surface area contributed by atoms with E-state index in [1.807, 2.05) is 25.1 Å². The highest BCUT2D eigenvalue weighted by atomic mass is 16.6. The van der Waals surface area contributed by atoms with Crippen LogP contribution in [0.5, 0.6) is 5.75 Å². The zero-order valence-corrected chi connectivity index (χ0v) is 34.0. The maximum atomic E-state index is 13.2. The summed E-state index contributed by atoms with van der Waals surface area (Å²) >= 11 is 0. The lowest BCUT2D eigenvalue weighted by atomic mass is 9.47. The Kier molecular flexibility index (Phi) is 13.1. The lowest BCUT2D eigenvalue weighted by Gasteiger charge is -2.58. The Morgan fingerprint density at radius 1 is 1.06 bits per heavy atom. The van der Waals surface area contributed by atoms with Crippen LogP contribution in [0.15, 0.2) is 54.3 Å². The average Bonchev–Trinajstić information content (AvgIpc) is 3.48. The van der Waals surface area contributed by atoms with Crippen molar-refractivity contribution in [2.75, 3.05) is 0 Å². The number of amides is 1. The third-order valence-corrected chi connectivity index (χ3v) is 15.0. The minimum atomic E-state index is -0.676. The van der Waals surface area contributed by atoms with Crippen LogP contribution in [0.1, 0.15) is 147 Å². The van der Waals surface area contributed by atoms with Gasteiger partial charge in [0.2, 0.25) is 0 Å². The van der Waals surface area contributed by atoms with Gasteiger partial charge in [0.1, 0.15) is 23.5 Å². The summed E-state index contributed by atoms with van der Waals surface area (Å²) in [6.45, 7) is 14.4. The molecular weight excluding hydrogens is 675 g/mol. The van der Waals surface area contributed by atoms with E-state index < -0.39 is 24.3 Å². The van der Waals surface area contributed by atoms with Gasteiger partial charge in [0, 0.05) is 25.5 Å². The summed E-state index contributed by atoms with van der Waals surface area (Å²) in [6, 6.07) is 5.02. The van der Waals surface area contributed by atoms with E-state index in [0.29, 0.717) is 30.2 Å².